The van der Waals surface area contributed by atoms with E-state index in [0.29, 0.717) is 6.07 Å². The van der Waals surface area contributed by atoms with Crippen molar-refractivity contribution >= 4 is 23.6 Å². The first-order valence-corrected chi connectivity index (χ1v) is 11.1. The van der Waals surface area contributed by atoms with Crippen molar-refractivity contribution in [1.29, 1.82) is 5.26 Å². The van der Waals surface area contributed by atoms with Crippen molar-refractivity contribution < 1.29 is 37.0 Å². The fourth-order valence-electron chi connectivity index (χ4n) is 5.47. The summed E-state index contributed by atoms with van der Waals surface area (Å²) in [6, 6.07) is 3.57. The molecule has 0 radical (unpaired) electrons. The van der Waals surface area contributed by atoms with Gasteiger partial charge in [-0.3, -0.25) is 9.59 Å². The molecule has 3 amide bonds. The quantitative estimate of drug-likeness (QED) is 0.605. The lowest BCUT2D eigenvalue weighted by molar-refractivity contribution is -0.138. The summed E-state index contributed by atoms with van der Waals surface area (Å²) in [6.45, 7) is 9.15. The second-order valence-corrected chi connectivity index (χ2v) is 10.9. The summed E-state index contributed by atoms with van der Waals surface area (Å²) >= 11 is 0. The molecule has 3 aliphatic heterocycles. The van der Waals surface area contributed by atoms with Gasteiger partial charge in [0.2, 0.25) is 11.8 Å². The zero-order chi connectivity index (χ0) is 26.1. The van der Waals surface area contributed by atoms with Crippen LogP contribution in [0, 0.1) is 28.6 Å². The van der Waals surface area contributed by atoms with Crippen LogP contribution in [0.15, 0.2) is 18.2 Å². The Morgan fingerprint density at radius 1 is 1.22 bits per heavy atom. The summed E-state index contributed by atoms with van der Waals surface area (Å²) in [5.74, 6) is -3.31. The van der Waals surface area contributed by atoms with E-state index in [0.717, 1.165) is 17.0 Å². The molecule has 1 N–H and O–H groups in total. The highest BCUT2D eigenvalue weighted by atomic mass is 19.4. The van der Waals surface area contributed by atoms with Crippen molar-refractivity contribution in [2.24, 2.45) is 17.3 Å². The van der Waals surface area contributed by atoms with Gasteiger partial charge in [0, 0.05) is 6.42 Å². The molecule has 3 fully saturated rings. The summed E-state index contributed by atoms with van der Waals surface area (Å²) in [5.41, 5.74) is -4.73. The Kier molecular flexibility index (Phi) is 6.46. The van der Waals surface area contributed by atoms with Crippen LogP contribution in [-0.4, -0.2) is 41.8 Å². The number of nitrogens with one attached hydrogen (secondary N) is 1. The minimum absolute atomic E-state index is 0. The fraction of sp³-hybridized carbons (Fsp3) is 0.600. The number of anilines is 1. The largest absolute Gasteiger partial charge is 0.449 e. The molecule has 8 nitrogen and oxygen atoms in total. The van der Waals surface area contributed by atoms with Crippen LogP contribution in [-0.2, 0) is 25.2 Å². The van der Waals surface area contributed by atoms with Gasteiger partial charge >= 0.3 is 12.3 Å². The van der Waals surface area contributed by atoms with Gasteiger partial charge in [-0.05, 0) is 37.5 Å². The number of alkyl carbamates (subject to hydrolysis) is 1. The summed E-state index contributed by atoms with van der Waals surface area (Å²) in [5, 5.41) is 11.8. The Labute approximate surface area is 207 Å². The second-order valence-electron chi connectivity index (χ2n) is 10.9. The van der Waals surface area contributed by atoms with Crippen molar-refractivity contribution in [3.05, 3.63) is 29.3 Å². The molecular formula is C25H30F3N3O5. The van der Waals surface area contributed by atoms with E-state index in [1.54, 1.807) is 13.8 Å². The third-order valence-electron chi connectivity index (χ3n) is 6.95. The number of hydrogen-bond acceptors (Lipinski definition) is 6. The number of rotatable bonds is 3. The normalized spacial score (nSPS) is 31.1. The lowest BCUT2D eigenvalue weighted by Gasteiger charge is -2.35. The number of alkyl halides is 3. The SMILES string of the molecule is C.CC(C)(C)COC(=O)N[C@@H]1C[C@@]2(C)O[C@]1(C)[C@@H]1C(=O)N(c3ccc(C#N)c(C(F)(F)F)c3)C(=O)[C@@H]12. The van der Waals surface area contributed by atoms with Gasteiger partial charge in [0.05, 0.1) is 58.6 Å². The molecule has 3 aliphatic rings. The van der Waals surface area contributed by atoms with E-state index in [1.165, 1.54) is 6.07 Å². The van der Waals surface area contributed by atoms with Crippen molar-refractivity contribution in [2.45, 2.75) is 71.9 Å². The van der Waals surface area contributed by atoms with E-state index in [1.807, 2.05) is 20.8 Å². The smallest absolute Gasteiger partial charge is 0.417 e. The first-order chi connectivity index (χ1) is 16.0. The molecule has 4 rings (SSSR count). The highest BCUT2D eigenvalue weighted by molar-refractivity contribution is 6.23. The Bertz CT molecular complexity index is 1160. The molecule has 0 aliphatic carbocycles. The predicted octanol–water partition coefficient (Wildman–Crippen LogP) is 4.41. The van der Waals surface area contributed by atoms with E-state index < -0.39 is 64.3 Å². The number of nitrogens with zero attached hydrogens (tertiary/aromatic N) is 2. The fourth-order valence-corrected chi connectivity index (χ4v) is 5.47. The van der Waals surface area contributed by atoms with Crippen LogP contribution < -0.4 is 10.2 Å². The van der Waals surface area contributed by atoms with Crippen LogP contribution in [0.3, 0.4) is 0 Å². The number of amides is 3. The van der Waals surface area contributed by atoms with Crippen LogP contribution >= 0.6 is 0 Å². The highest BCUT2D eigenvalue weighted by Gasteiger charge is 2.76. The topological polar surface area (TPSA) is 109 Å². The average molecular weight is 510 g/mol. The molecule has 2 bridgehead atoms. The molecule has 0 spiro atoms. The van der Waals surface area contributed by atoms with Gasteiger partial charge < -0.3 is 14.8 Å². The predicted molar refractivity (Wildman–Crippen MR) is 123 cm³/mol. The lowest BCUT2D eigenvalue weighted by atomic mass is 9.66. The Morgan fingerprint density at radius 3 is 2.39 bits per heavy atom. The second kappa shape index (κ2) is 8.47. The van der Waals surface area contributed by atoms with E-state index >= 15 is 0 Å². The van der Waals surface area contributed by atoms with Crippen molar-refractivity contribution in [3.63, 3.8) is 0 Å². The van der Waals surface area contributed by atoms with Gasteiger partial charge in [-0.2, -0.15) is 18.4 Å². The number of nitriles is 1. The molecule has 3 saturated heterocycles. The number of imide groups is 1. The number of hydrogen-bond donors (Lipinski definition) is 1. The highest BCUT2D eigenvalue weighted by Crippen LogP contribution is 2.61. The third-order valence-corrected chi connectivity index (χ3v) is 6.95. The lowest BCUT2D eigenvalue weighted by Crippen LogP contribution is -2.56. The van der Waals surface area contributed by atoms with Gasteiger partial charge in [-0.15, -0.1) is 0 Å². The van der Waals surface area contributed by atoms with Crippen LogP contribution in [0.4, 0.5) is 23.7 Å². The van der Waals surface area contributed by atoms with Crippen LogP contribution in [0.1, 0.15) is 59.6 Å². The first-order valence-electron chi connectivity index (χ1n) is 11.1. The molecule has 0 saturated carbocycles. The summed E-state index contributed by atoms with van der Waals surface area (Å²) < 4.78 is 51.9. The maximum absolute atomic E-state index is 13.5. The van der Waals surface area contributed by atoms with Crippen molar-refractivity contribution in [2.75, 3.05) is 11.5 Å². The van der Waals surface area contributed by atoms with Crippen molar-refractivity contribution in [1.82, 2.24) is 5.32 Å². The Balaban J connectivity index is 0.00000361. The molecule has 11 heteroatoms. The number of carbonyl (C=O) groups is 3. The monoisotopic (exact) mass is 509 g/mol. The molecule has 196 valence electrons. The zero-order valence-electron chi connectivity index (χ0n) is 19.9. The van der Waals surface area contributed by atoms with Gasteiger partial charge in [-0.1, -0.05) is 28.2 Å². The molecule has 36 heavy (non-hydrogen) atoms. The van der Waals surface area contributed by atoms with Gasteiger partial charge in [0.1, 0.15) is 0 Å². The number of benzene rings is 1. The third kappa shape index (κ3) is 4.21. The van der Waals surface area contributed by atoms with E-state index in [4.69, 9.17) is 14.7 Å². The molecule has 0 unspecified atom stereocenters. The van der Waals surface area contributed by atoms with E-state index in [9.17, 15) is 27.6 Å². The molecule has 1 aromatic rings. The van der Waals surface area contributed by atoms with Crippen molar-refractivity contribution in [3.8, 4) is 6.07 Å². The first kappa shape index (κ1) is 27.5. The summed E-state index contributed by atoms with van der Waals surface area (Å²) in [6.07, 6.45) is -5.30. The minimum atomic E-state index is -4.84. The standard InChI is InChI=1S/C24H26F3N3O5.CH4/c1-21(2,3)11-34-20(33)29-15-9-22(4)16-17(23(15,5)35-22)19(32)30(18(16)31)13-7-6-12(10-28)14(8-13)24(25,26)27;/h6-8,15-17H,9,11H2,1-5H3,(H,29,33);1H4/t15-,16-,17+,22-,23+;/m1./s1. The maximum atomic E-state index is 13.5. The molecule has 3 heterocycles. The average Bonchev–Trinajstić information content (AvgIpc) is 3.25. The van der Waals surface area contributed by atoms with Crippen LogP contribution in [0.2, 0.25) is 0 Å². The summed E-state index contributed by atoms with van der Waals surface area (Å²) in [7, 11) is 0. The van der Waals surface area contributed by atoms with Crippen LogP contribution in [0.5, 0.6) is 0 Å². The number of halogens is 3. The van der Waals surface area contributed by atoms with Gasteiger partial charge in [0.25, 0.3) is 0 Å². The molecule has 1 aromatic carbocycles. The zero-order valence-corrected chi connectivity index (χ0v) is 19.9. The molecule has 0 aromatic heterocycles. The number of carbonyl (C=O) groups excluding carboxylic acids is 3. The number of fused-ring (bicyclic) bond motifs is 5. The van der Waals surface area contributed by atoms with Gasteiger partial charge in [-0.25, -0.2) is 9.69 Å². The van der Waals surface area contributed by atoms with E-state index in [2.05, 4.69) is 5.32 Å². The van der Waals surface area contributed by atoms with Crippen LogP contribution in [0.25, 0.3) is 0 Å². The Morgan fingerprint density at radius 2 is 1.83 bits per heavy atom. The number of ether oxygens (including phenoxy) is 2. The summed E-state index contributed by atoms with van der Waals surface area (Å²) in [4.78, 5) is 40.0. The molecule has 5 atom stereocenters. The van der Waals surface area contributed by atoms with Gasteiger partial charge in [0.15, 0.2) is 0 Å². The van der Waals surface area contributed by atoms with E-state index in [-0.39, 0.29) is 31.6 Å². The minimum Gasteiger partial charge on any atom is -0.449 e. The maximum Gasteiger partial charge on any atom is 0.417 e. The molecular weight excluding hydrogens is 479 g/mol. The Hall–Kier alpha value is -3.13.